The van der Waals surface area contributed by atoms with Crippen molar-refractivity contribution in [3.05, 3.63) is 54.6 Å². The van der Waals surface area contributed by atoms with Crippen molar-refractivity contribution in [2.45, 2.75) is 31.5 Å². The first-order valence-corrected chi connectivity index (χ1v) is 8.81. The Labute approximate surface area is 147 Å². The van der Waals surface area contributed by atoms with E-state index in [1.54, 1.807) is 6.20 Å². The Morgan fingerprint density at radius 1 is 1.24 bits per heavy atom. The summed E-state index contributed by atoms with van der Waals surface area (Å²) in [6, 6.07) is 9.93. The first-order valence-electron chi connectivity index (χ1n) is 8.81. The number of hydrazine groups is 2. The van der Waals surface area contributed by atoms with Crippen molar-refractivity contribution in [3.63, 3.8) is 0 Å². The molecule has 7 nitrogen and oxygen atoms in total. The van der Waals surface area contributed by atoms with E-state index in [1.807, 2.05) is 47.8 Å². The molecule has 1 aromatic heterocycles. The fraction of sp³-hybridized carbons (Fsp3) is 0.444. The Morgan fingerprint density at radius 3 is 2.84 bits per heavy atom. The molecule has 4 atom stereocenters. The van der Waals surface area contributed by atoms with Gasteiger partial charge in [-0.1, -0.05) is 37.3 Å². The van der Waals surface area contributed by atoms with E-state index in [0.717, 1.165) is 25.1 Å². The smallest absolute Gasteiger partial charge is 0.243 e. The van der Waals surface area contributed by atoms with Crippen molar-refractivity contribution >= 4 is 5.91 Å². The molecule has 1 aromatic carbocycles. The quantitative estimate of drug-likeness (QED) is 0.778. The number of hydrogen-bond acceptors (Lipinski definition) is 5. The fourth-order valence-corrected chi connectivity index (χ4v) is 3.80. The van der Waals surface area contributed by atoms with Gasteiger partial charge in [-0.25, -0.2) is 15.8 Å². The highest BCUT2D eigenvalue weighted by Gasteiger charge is 2.39. The van der Waals surface area contributed by atoms with Gasteiger partial charge in [0.15, 0.2) is 0 Å². The first kappa shape index (κ1) is 16.3. The van der Waals surface area contributed by atoms with Crippen molar-refractivity contribution in [1.82, 2.24) is 30.8 Å². The van der Waals surface area contributed by atoms with Gasteiger partial charge in [0, 0.05) is 25.5 Å². The number of nitrogens with one attached hydrogen (secondary N) is 3. The largest absolute Gasteiger partial charge is 0.339 e. The number of aromatic nitrogens is 2. The molecular formula is C18H24N6O. The minimum absolute atomic E-state index is 0.0836. The standard InChI is InChI=1S/C18H24N6O/c1-13-7-9-23(11-15(13)24-10-8-19-12-24)18(25)17-16(20-22-21-17)14-5-3-2-4-6-14/h2-6,8,10,12-13,15-17,20-22H,7,9,11H2,1H3. The molecule has 2 aromatic rings. The van der Waals surface area contributed by atoms with Crippen LogP contribution in [-0.4, -0.2) is 39.5 Å². The van der Waals surface area contributed by atoms with Crippen LogP contribution in [0.4, 0.5) is 0 Å². The molecule has 7 heteroatoms. The van der Waals surface area contributed by atoms with Crippen LogP contribution in [0.1, 0.15) is 31.0 Å². The lowest BCUT2D eigenvalue weighted by Gasteiger charge is -2.39. The summed E-state index contributed by atoms with van der Waals surface area (Å²) in [4.78, 5) is 19.3. The van der Waals surface area contributed by atoms with Gasteiger partial charge in [0.1, 0.15) is 6.04 Å². The molecule has 2 saturated heterocycles. The maximum atomic E-state index is 13.2. The Balaban J connectivity index is 1.50. The highest BCUT2D eigenvalue weighted by atomic mass is 16.2. The molecule has 0 saturated carbocycles. The van der Waals surface area contributed by atoms with Gasteiger partial charge in [-0.2, -0.15) is 5.53 Å². The summed E-state index contributed by atoms with van der Waals surface area (Å²) in [5.74, 6) is 0.652. The van der Waals surface area contributed by atoms with Gasteiger partial charge in [0.25, 0.3) is 0 Å². The Bertz CT molecular complexity index is 704. The number of rotatable bonds is 3. The van der Waals surface area contributed by atoms with Crippen LogP contribution in [0.2, 0.25) is 0 Å². The predicted octanol–water partition coefficient (Wildman–Crippen LogP) is 1.01. The number of carbonyl (C=O) groups excluding carboxylic acids is 1. The van der Waals surface area contributed by atoms with E-state index < -0.39 is 0 Å². The number of carbonyl (C=O) groups is 1. The zero-order valence-corrected chi connectivity index (χ0v) is 14.3. The third-order valence-corrected chi connectivity index (χ3v) is 5.35. The molecule has 0 bridgehead atoms. The van der Waals surface area contributed by atoms with E-state index in [-0.39, 0.29) is 24.0 Å². The van der Waals surface area contributed by atoms with Crippen LogP contribution < -0.4 is 16.4 Å². The molecule has 0 spiro atoms. The molecule has 4 rings (SSSR count). The van der Waals surface area contributed by atoms with Gasteiger partial charge < -0.3 is 9.47 Å². The van der Waals surface area contributed by atoms with Crippen LogP contribution in [0.5, 0.6) is 0 Å². The van der Waals surface area contributed by atoms with Crippen LogP contribution in [0.15, 0.2) is 49.1 Å². The summed E-state index contributed by atoms with van der Waals surface area (Å²) in [5, 5.41) is 0. The van der Waals surface area contributed by atoms with E-state index in [2.05, 4.69) is 32.9 Å². The molecule has 0 radical (unpaired) electrons. The molecule has 1 amide bonds. The monoisotopic (exact) mass is 340 g/mol. The lowest BCUT2D eigenvalue weighted by Crippen LogP contribution is -2.52. The van der Waals surface area contributed by atoms with Gasteiger partial charge in [-0.3, -0.25) is 4.79 Å². The van der Waals surface area contributed by atoms with Gasteiger partial charge in [-0.15, -0.1) is 0 Å². The molecule has 2 aliphatic rings. The molecule has 2 fully saturated rings. The van der Waals surface area contributed by atoms with E-state index in [1.165, 1.54) is 0 Å². The third-order valence-electron chi connectivity index (χ3n) is 5.35. The summed E-state index contributed by atoms with van der Waals surface area (Å²) in [7, 11) is 0. The molecule has 2 aliphatic heterocycles. The molecule has 4 unspecified atom stereocenters. The van der Waals surface area contributed by atoms with Gasteiger partial charge in [0.2, 0.25) is 5.91 Å². The van der Waals surface area contributed by atoms with E-state index >= 15 is 0 Å². The SMILES string of the molecule is CC1CCN(C(=O)C2NNNC2c2ccccc2)CC1n1ccnc1. The average Bonchev–Trinajstić information content (AvgIpc) is 3.34. The molecular weight excluding hydrogens is 316 g/mol. The number of likely N-dealkylation sites (tertiary alicyclic amines) is 1. The van der Waals surface area contributed by atoms with Gasteiger partial charge >= 0.3 is 0 Å². The average molecular weight is 340 g/mol. The van der Waals surface area contributed by atoms with Gasteiger partial charge in [-0.05, 0) is 17.9 Å². The van der Waals surface area contributed by atoms with E-state index in [0.29, 0.717) is 5.92 Å². The minimum Gasteiger partial charge on any atom is -0.339 e. The van der Waals surface area contributed by atoms with Crippen LogP contribution in [0.25, 0.3) is 0 Å². The molecule has 25 heavy (non-hydrogen) atoms. The summed E-state index contributed by atoms with van der Waals surface area (Å²) in [6.45, 7) is 3.76. The van der Waals surface area contributed by atoms with E-state index in [9.17, 15) is 4.79 Å². The number of hydrogen-bond donors (Lipinski definition) is 3. The number of amides is 1. The Hall–Kier alpha value is -2.22. The Morgan fingerprint density at radius 2 is 2.08 bits per heavy atom. The zero-order valence-electron chi connectivity index (χ0n) is 14.3. The third kappa shape index (κ3) is 3.18. The highest BCUT2D eigenvalue weighted by Crippen LogP contribution is 2.29. The first-order chi connectivity index (χ1) is 12.2. The van der Waals surface area contributed by atoms with Crippen LogP contribution >= 0.6 is 0 Å². The maximum absolute atomic E-state index is 13.2. The van der Waals surface area contributed by atoms with Crippen molar-refractivity contribution < 1.29 is 4.79 Å². The second kappa shape index (κ2) is 6.95. The summed E-state index contributed by atoms with van der Waals surface area (Å²) in [6.07, 6.45) is 6.63. The normalized spacial score (nSPS) is 29.7. The zero-order chi connectivity index (χ0) is 17.2. The summed E-state index contributed by atoms with van der Waals surface area (Å²) in [5.41, 5.74) is 10.3. The number of piperidine rings is 1. The van der Waals surface area contributed by atoms with Crippen molar-refractivity contribution in [2.24, 2.45) is 5.92 Å². The van der Waals surface area contributed by atoms with Gasteiger partial charge in [0.05, 0.1) is 18.4 Å². The second-order valence-corrected chi connectivity index (χ2v) is 6.91. The molecule has 3 N–H and O–H groups in total. The fourth-order valence-electron chi connectivity index (χ4n) is 3.80. The van der Waals surface area contributed by atoms with Crippen molar-refractivity contribution in [2.75, 3.05) is 13.1 Å². The summed E-state index contributed by atoms with van der Waals surface area (Å²) >= 11 is 0. The lowest BCUT2D eigenvalue weighted by atomic mass is 9.92. The van der Waals surface area contributed by atoms with Crippen molar-refractivity contribution in [3.8, 4) is 0 Å². The topological polar surface area (TPSA) is 74.2 Å². The molecule has 0 aliphatic carbocycles. The number of imidazole rings is 1. The number of nitrogens with zero attached hydrogens (tertiary/aromatic N) is 3. The van der Waals surface area contributed by atoms with Crippen LogP contribution in [0, 0.1) is 5.92 Å². The maximum Gasteiger partial charge on any atom is 0.243 e. The van der Waals surface area contributed by atoms with Crippen LogP contribution in [0.3, 0.4) is 0 Å². The Kier molecular flexibility index (Phi) is 4.52. The lowest BCUT2D eigenvalue weighted by molar-refractivity contribution is -0.135. The minimum atomic E-state index is -0.320. The summed E-state index contributed by atoms with van der Waals surface area (Å²) < 4.78 is 2.12. The number of benzene rings is 1. The highest BCUT2D eigenvalue weighted by molar-refractivity contribution is 5.83. The predicted molar refractivity (Wildman–Crippen MR) is 94.0 cm³/mol. The molecule has 3 heterocycles. The van der Waals surface area contributed by atoms with E-state index in [4.69, 9.17) is 0 Å². The van der Waals surface area contributed by atoms with Crippen molar-refractivity contribution in [1.29, 1.82) is 0 Å². The second-order valence-electron chi connectivity index (χ2n) is 6.91. The van der Waals surface area contributed by atoms with Crippen LogP contribution in [-0.2, 0) is 4.79 Å². The molecule has 132 valence electrons.